The highest BCUT2D eigenvalue weighted by Gasteiger charge is 2.27. The van der Waals surface area contributed by atoms with Crippen LogP contribution < -0.4 is 10.2 Å². The summed E-state index contributed by atoms with van der Waals surface area (Å²) >= 11 is 0. The molecule has 1 aliphatic carbocycles. The van der Waals surface area contributed by atoms with Gasteiger partial charge in [-0.3, -0.25) is 4.98 Å². The van der Waals surface area contributed by atoms with Crippen LogP contribution in [0.15, 0.2) is 12.4 Å². The third-order valence-corrected chi connectivity index (χ3v) is 2.44. The molecule has 4 heteroatoms. The highest BCUT2D eigenvalue weighted by atomic mass is 15.2. The number of nitrogens with one attached hydrogen (secondary N) is 1. The molecule has 76 valence electrons. The number of hydrogen-bond acceptors (Lipinski definition) is 4. The fourth-order valence-electron chi connectivity index (χ4n) is 1.44. The molecule has 1 aliphatic rings. The predicted molar refractivity (Wildman–Crippen MR) is 57.6 cm³/mol. The van der Waals surface area contributed by atoms with E-state index in [0.717, 1.165) is 18.2 Å². The average Bonchev–Trinajstić information content (AvgIpc) is 3.01. The molecule has 0 bridgehead atoms. The molecule has 1 aromatic heterocycles. The lowest BCUT2D eigenvalue weighted by molar-refractivity contribution is 0.884. The zero-order valence-electron chi connectivity index (χ0n) is 8.70. The molecule has 4 nitrogen and oxygen atoms in total. The Kier molecular flexibility index (Phi) is 2.52. The summed E-state index contributed by atoms with van der Waals surface area (Å²) in [4.78, 5) is 10.8. The molecule has 1 heterocycles. The Bertz CT molecular complexity index is 309. The van der Waals surface area contributed by atoms with Crippen molar-refractivity contribution in [1.29, 1.82) is 0 Å². The number of anilines is 2. The van der Waals surface area contributed by atoms with Gasteiger partial charge in [0.05, 0.1) is 12.4 Å². The largest absolute Gasteiger partial charge is 0.369 e. The minimum Gasteiger partial charge on any atom is -0.369 e. The van der Waals surface area contributed by atoms with Gasteiger partial charge in [0, 0.05) is 19.6 Å². The second kappa shape index (κ2) is 3.82. The number of rotatable bonds is 4. The molecule has 1 N–H and O–H groups in total. The zero-order chi connectivity index (χ0) is 9.97. The van der Waals surface area contributed by atoms with Crippen LogP contribution in [0.4, 0.5) is 11.6 Å². The van der Waals surface area contributed by atoms with Crippen LogP contribution in [0.1, 0.15) is 19.8 Å². The molecule has 0 amide bonds. The van der Waals surface area contributed by atoms with Gasteiger partial charge in [0.15, 0.2) is 0 Å². The van der Waals surface area contributed by atoms with Crippen LogP contribution in [0, 0.1) is 0 Å². The van der Waals surface area contributed by atoms with E-state index in [9.17, 15) is 0 Å². The van der Waals surface area contributed by atoms with Gasteiger partial charge in [-0.2, -0.15) is 0 Å². The predicted octanol–water partition coefficient (Wildman–Crippen LogP) is 1.51. The van der Waals surface area contributed by atoms with Gasteiger partial charge < -0.3 is 10.2 Å². The first-order valence-corrected chi connectivity index (χ1v) is 5.10. The van der Waals surface area contributed by atoms with E-state index >= 15 is 0 Å². The smallest absolute Gasteiger partial charge is 0.149 e. The van der Waals surface area contributed by atoms with E-state index in [4.69, 9.17) is 0 Å². The number of nitrogens with zero attached hydrogens (tertiary/aromatic N) is 3. The minimum atomic E-state index is 0.682. The quantitative estimate of drug-likeness (QED) is 0.785. The topological polar surface area (TPSA) is 41.1 Å². The van der Waals surface area contributed by atoms with Crippen molar-refractivity contribution in [2.24, 2.45) is 0 Å². The van der Waals surface area contributed by atoms with E-state index in [1.807, 2.05) is 6.20 Å². The van der Waals surface area contributed by atoms with Crippen LogP contribution in [0.5, 0.6) is 0 Å². The normalized spacial score (nSPS) is 15.3. The first-order chi connectivity index (χ1) is 6.81. The Morgan fingerprint density at radius 2 is 2.29 bits per heavy atom. The van der Waals surface area contributed by atoms with Crippen LogP contribution in [-0.2, 0) is 0 Å². The van der Waals surface area contributed by atoms with Gasteiger partial charge in [-0.25, -0.2) is 4.98 Å². The molecule has 0 atom stereocenters. The van der Waals surface area contributed by atoms with Crippen molar-refractivity contribution >= 4 is 11.6 Å². The second-order valence-corrected chi connectivity index (χ2v) is 3.63. The zero-order valence-corrected chi connectivity index (χ0v) is 8.70. The highest BCUT2D eigenvalue weighted by Crippen LogP contribution is 2.28. The molecule has 1 fully saturated rings. The maximum atomic E-state index is 4.48. The number of aromatic nitrogens is 2. The summed E-state index contributed by atoms with van der Waals surface area (Å²) in [7, 11) is 2.08. The van der Waals surface area contributed by atoms with Crippen molar-refractivity contribution in [3.8, 4) is 0 Å². The molecule has 1 aromatic rings. The number of hydrogen-bond donors (Lipinski definition) is 1. The van der Waals surface area contributed by atoms with E-state index in [1.165, 1.54) is 12.8 Å². The van der Waals surface area contributed by atoms with Gasteiger partial charge in [0.1, 0.15) is 11.6 Å². The van der Waals surface area contributed by atoms with Gasteiger partial charge in [-0.1, -0.05) is 0 Å². The van der Waals surface area contributed by atoms with Crippen molar-refractivity contribution < 1.29 is 0 Å². The summed E-state index contributed by atoms with van der Waals surface area (Å²) < 4.78 is 0. The van der Waals surface area contributed by atoms with Crippen LogP contribution in [0.3, 0.4) is 0 Å². The molecule has 0 saturated heterocycles. The maximum Gasteiger partial charge on any atom is 0.149 e. The second-order valence-electron chi connectivity index (χ2n) is 3.63. The summed E-state index contributed by atoms with van der Waals surface area (Å²) in [5, 5.41) is 3.16. The molecule has 0 aliphatic heterocycles. The van der Waals surface area contributed by atoms with Gasteiger partial charge in [0.25, 0.3) is 0 Å². The third-order valence-electron chi connectivity index (χ3n) is 2.44. The molecular weight excluding hydrogens is 176 g/mol. The molecule has 1 saturated carbocycles. The third kappa shape index (κ3) is 1.95. The first kappa shape index (κ1) is 9.24. The van der Waals surface area contributed by atoms with E-state index in [0.29, 0.717) is 6.04 Å². The molecule has 0 aromatic carbocycles. The fraction of sp³-hybridized carbons (Fsp3) is 0.600. The van der Waals surface area contributed by atoms with Crippen LogP contribution in [0.25, 0.3) is 0 Å². The summed E-state index contributed by atoms with van der Waals surface area (Å²) in [5.74, 6) is 1.82. The van der Waals surface area contributed by atoms with Crippen molar-refractivity contribution in [3.05, 3.63) is 12.4 Å². The monoisotopic (exact) mass is 192 g/mol. The van der Waals surface area contributed by atoms with Crippen molar-refractivity contribution in [3.63, 3.8) is 0 Å². The SMILES string of the molecule is CCNc1cncc(N(C)C2CC2)n1. The van der Waals surface area contributed by atoms with Gasteiger partial charge in [-0.15, -0.1) is 0 Å². The van der Waals surface area contributed by atoms with Gasteiger partial charge >= 0.3 is 0 Å². The van der Waals surface area contributed by atoms with Gasteiger partial charge in [-0.05, 0) is 19.8 Å². The Labute approximate surface area is 84.4 Å². The van der Waals surface area contributed by atoms with Crippen molar-refractivity contribution in [2.75, 3.05) is 23.8 Å². The van der Waals surface area contributed by atoms with Crippen LogP contribution in [0.2, 0.25) is 0 Å². The standard InChI is InChI=1S/C10H16N4/c1-3-12-9-6-11-7-10(13-9)14(2)8-4-5-8/h6-8H,3-5H2,1-2H3,(H,12,13). The Balaban J connectivity index is 2.12. The summed E-state index contributed by atoms with van der Waals surface area (Å²) in [5.41, 5.74) is 0. The first-order valence-electron chi connectivity index (χ1n) is 5.10. The van der Waals surface area contributed by atoms with E-state index in [-0.39, 0.29) is 0 Å². The summed E-state index contributed by atoms with van der Waals surface area (Å²) in [6.45, 7) is 2.93. The lowest BCUT2D eigenvalue weighted by Gasteiger charge is -2.17. The molecule has 14 heavy (non-hydrogen) atoms. The average molecular weight is 192 g/mol. The Morgan fingerprint density at radius 3 is 2.93 bits per heavy atom. The highest BCUT2D eigenvalue weighted by molar-refractivity contribution is 5.44. The van der Waals surface area contributed by atoms with Crippen molar-refractivity contribution in [1.82, 2.24) is 9.97 Å². The van der Waals surface area contributed by atoms with Crippen LogP contribution >= 0.6 is 0 Å². The van der Waals surface area contributed by atoms with Gasteiger partial charge in [0.2, 0.25) is 0 Å². The molecule has 0 spiro atoms. The van der Waals surface area contributed by atoms with Crippen molar-refractivity contribution in [2.45, 2.75) is 25.8 Å². The van der Waals surface area contributed by atoms with E-state index in [2.05, 4.69) is 34.2 Å². The fourth-order valence-corrected chi connectivity index (χ4v) is 1.44. The summed E-state index contributed by atoms with van der Waals surface area (Å²) in [6.07, 6.45) is 6.14. The minimum absolute atomic E-state index is 0.682. The lowest BCUT2D eigenvalue weighted by Crippen LogP contribution is -2.21. The molecular formula is C10H16N4. The Hall–Kier alpha value is -1.32. The lowest BCUT2D eigenvalue weighted by atomic mass is 10.5. The maximum absolute atomic E-state index is 4.48. The summed E-state index contributed by atoms with van der Waals surface area (Å²) in [6, 6.07) is 0.682. The molecule has 0 radical (unpaired) electrons. The molecule has 0 unspecified atom stereocenters. The molecule has 2 rings (SSSR count). The van der Waals surface area contributed by atoms with Crippen LogP contribution in [-0.4, -0.2) is 29.6 Å². The van der Waals surface area contributed by atoms with E-state index in [1.54, 1.807) is 6.20 Å². The van der Waals surface area contributed by atoms with E-state index < -0.39 is 0 Å². The Morgan fingerprint density at radius 1 is 1.50 bits per heavy atom.